The first-order valence-corrected chi connectivity index (χ1v) is 7.68. The van der Waals surface area contributed by atoms with Crippen molar-refractivity contribution in [2.45, 2.75) is 6.42 Å². The van der Waals surface area contributed by atoms with Gasteiger partial charge in [-0.1, -0.05) is 23.7 Å². The van der Waals surface area contributed by atoms with Crippen molar-refractivity contribution in [3.05, 3.63) is 64.4 Å². The van der Waals surface area contributed by atoms with Gasteiger partial charge in [0.25, 0.3) is 0 Å². The fourth-order valence-corrected chi connectivity index (χ4v) is 2.28. The number of nitrogens with two attached hydrogens (primary N) is 1. The molecule has 0 atom stereocenters. The largest absolute Gasteiger partial charge is 0.376 e. The minimum Gasteiger partial charge on any atom is -0.376 e. The van der Waals surface area contributed by atoms with E-state index in [-0.39, 0.29) is 28.9 Å². The van der Waals surface area contributed by atoms with Gasteiger partial charge < -0.3 is 16.4 Å². The fourth-order valence-electron chi connectivity index (χ4n) is 2.07. The summed E-state index contributed by atoms with van der Waals surface area (Å²) in [7, 11) is 0. The molecule has 0 heterocycles. The third-order valence-corrected chi connectivity index (χ3v) is 3.66. The highest BCUT2D eigenvalue weighted by Gasteiger charge is 2.08. The van der Waals surface area contributed by atoms with Crippen LogP contribution in [-0.2, 0) is 11.2 Å². The molecule has 0 saturated heterocycles. The maximum atomic E-state index is 12.8. The summed E-state index contributed by atoms with van der Waals surface area (Å²) in [4.78, 5) is 23.0. The van der Waals surface area contributed by atoms with Crippen LogP contribution in [0.5, 0.6) is 0 Å². The summed E-state index contributed by atoms with van der Waals surface area (Å²) >= 11 is 5.86. The Balaban J connectivity index is 1.78. The fraction of sp³-hybridized carbons (Fsp3) is 0.176. The minimum atomic E-state index is -0.632. The Labute approximate surface area is 144 Å². The predicted molar refractivity (Wildman–Crippen MR) is 91.6 cm³/mol. The van der Waals surface area contributed by atoms with Crippen molar-refractivity contribution in [2.75, 3.05) is 18.4 Å². The molecular formula is C17H17ClFN3O2. The topological polar surface area (TPSA) is 84.2 Å². The third-order valence-electron chi connectivity index (χ3n) is 3.33. The minimum absolute atomic E-state index is 0.0449. The Morgan fingerprint density at radius 2 is 1.83 bits per heavy atom. The molecule has 24 heavy (non-hydrogen) atoms. The molecule has 0 aliphatic carbocycles. The number of carbonyl (C=O) groups is 2. The monoisotopic (exact) mass is 349 g/mol. The van der Waals surface area contributed by atoms with Crippen LogP contribution in [0.2, 0.25) is 5.02 Å². The van der Waals surface area contributed by atoms with E-state index in [1.165, 1.54) is 24.3 Å². The first-order chi connectivity index (χ1) is 11.5. The van der Waals surface area contributed by atoms with Crippen molar-refractivity contribution in [3.63, 3.8) is 0 Å². The van der Waals surface area contributed by atoms with Crippen LogP contribution in [0.4, 0.5) is 10.1 Å². The maximum absolute atomic E-state index is 12.8. The van der Waals surface area contributed by atoms with Crippen molar-refractivity contribution < 1.29 is 14.0 Å². The molecule has 0 aromatic heterocycles. The predicted octanol–water partition coefficient (Wildman–Crippen LogP) is 2.35. The average molecular weight is 350 g/mol. The molecule has 0 saturated carbocycles. The number of carbonyl (C=O) groups excluding carboxylic acids is 2. The number of hydrogen-bond acceptors (Lipinski definition) is 3. The van der Waals surface area contributed by atoms with E-state index in [1.807, 2.05) is 0 Å². The Morgan fingerprint density at radius 3 is 2.50 bits per heavy atom. The van der Waals surface area contributed by atoms with E-state index >= 15 is 0 Å². The summed E-state index contributed by atoms with van der Waals surface area (Å²) in [5.41, 5.74) is 6.92. The highest BCUT2D eigenvalue weighted by atomic mass is 35.5. The molecule has 5 nitrogen and oxygen atoms in total. The lowest BCUT2D eigenvalue weighted by Crippen LogP contribution is -2.31. The van der Waals surface area contributed by atoms with Gasteiger partial charge in [-0.2, -0.15) is 0 Å². The molecule has 0 aliphatic heterocycles. The highest BCUT2D eigenvalue weighted by molar-refractivity contribution is 6.33. The highest BCUT2D eigenvalue weighted by Crippen LogP contribution is 2.19. The second-order valence-electron chi connectivity index (χ2n) is 5.14. The van der Waals surface area contributed by atoms with Crippen LogP contribution in [0.3, 0.4) is 0 Å². The Hall–Kier alpha value is -2.60. The van der Waals surface area contributed by atoms with Gasteiger partial charge in [-0.3, -0.25) is 9.59 Å². The number of anilines is 1. The maximum Gasteiger partial charge on any atom is 0.250 e. The number of halogens is 2. The van der Waals surface area contributed by atoms with E-state index in [2.05, 4.69) is 10.6 Å². The number of primary amides is 1. The second-order valence-corrected chi connectivity index (χ2v) is 5.55. The van der Waals surface area contributed by atoms with Gasteiger partial charge in [0.2, 0.25) is 11.8 Å². The standard InChI is InChI=1S/C17H17ClFN3O2/c18-15-6-5-13(9-14(15)17(20)24)22-10-16(23)21-8-7-11-1-3-12(19)4-2-11/h1-6,9,22H,7-8,10H2,(H2,20,24)(H,21,23). The van der Waals surface area contributed by atoms with Gasteiger partial charge >= 0.3 is 0 Å². The average Bonchev–Trinajstić information content (AvgIpc) is 2.55. The van der Waals surface area contributed by atoms with Crippen LogP contribution in [0.25, 0.3) is 0 Å². The zero-order chi connectivity index (χ0) is 17.5. The lowest BCUT2D eigenvalue weighted by atomic mass is 10.1. The zero-order valence-corrected chi connectivity index (χ0v) is 13.6. The van der Waals surface area contributed by atoms with Gasteiger partial charge in [0.15, 0.2) is 0 Å². The Bertz CT molecular complexity index is 735. The van der Waals surface area contributed by atoms with E-state index < -0.39 is 5.91 Å². The van der Waals surface area contributed by atoms with Crippen molar-refractivity contribution in [2.24, 2.45) is 5.73 Å². The summed E-state index contributed by atoms with van der Waals surface area (Å²) < 4.78 is 12.8. The molecule has 0 aliphatic rings. The normalized spacial score (nSPS) is 10.2. The van der Waals surface area contributed by atoms with Crippen molar-refractivity contribution in [3.8, 4) is 0 Å². The summed E-state index contributed by atoms with van der Waals surface area (Å²) in [6.45, 7) is 0.489. The van der Waals surface area contributed by atoms with Gasteiger partial charge in [0.1, 0.15) is 5.82 Å². The Kier molecular flexibility index (Phi) is 6.14. The molecule has 4 N–H and O–H groups in total. The first kappa shape index (κ1) is 17.7. The first-order valence-electron chi connectivity index (χ1n) is 7.30. The molecular weight excluding hydrogens is 333 g/mol. The van der Waals surface area contributed by atoms with Gasteiger partial charge in [-0.25, -0.2) is 4.39 Å². The zero-order valence-electron chi connectivity index (χ0n) is 12.8. The molecule has 0 bridgehead atoms. The van der Waals surface area contributed by atoms with E-state index in [1.54, 1.807) is 18.2 Å². The lowest BCUT2D eigenvalue weighted by Gasteiger charge is -2.09. The number of hydrogen-bond donors (Lipinski definition) is 3. The van der Waals surface area contributed by atoms with Gasteiger partial charge in [0.05, 0.1) is 17.1 Å². The molecule has 0 spiro atoms. The van der Waals surface area contributed by atoms with E-state index in [9.17, 15) is 14.0 Å². The summed E-state index contributed by atoms with van der Waals surface area (Å²) in [6.07, 6.45) is 0.610. The quantitative estimate of drug-likeness (QED) is 0.717. The van der Waals surface area contributed by atoms with Crippen LogP contribution < -0.4 is 16.4 Å². The van der Waals surface area contributed by atoms with Crippen LogP contribution in [0.15, 0.2) is 42.5 Å². The van der Waals surface area contributed by atoms with E-state index in [0.29, 0.717) is 18.7 Å². The number of nitrogens with one attached hydrogen (secondary N) is 2. The Morgan fingerprint density at radius 1 is 1.12 bits per heavy atom. The number of rotatable bonds is 7. The second kappa shape index (κ2) is 8.31. The lowest BCUT2D eigenvalue weighted by molar-refractivity contribution is -0.119. The van der Waals surface area contributed by atoms with Crippen LogP contribution >= 0.6 is 11.6 Å². The molecule has 2 aromatic rings. The SMILES string of the molecule is NC(=O)c1cc(NCC(=O)NCCc2ccc(F)cc2)ccc1Cl. The molecule has 0 unspecified atom stereocenters. The number of amides is 2. The summed E-state index contributed by atoms with van der Waals surface area (Å²) in [5.74, 6) is -1.12. The van der Waals surface area contributed by atoms with Crippen molar-refractivity contribution >= 4 is 29.1 Å². The van der Waals surface area contributed by atoms with Crippen LogP contribution in [0, 0.1) is 5.82 Å². The third kappa shape index (κ3) is 5.24. The molecule has 7 heteroatoms. The van der Waals surface area contributed by atoms with Gasteiger partial charge in [0, 0.05) is 12.2 Å². The van der Waals surface area contributed by atoms with Gasteiger partial charge in [-0.15, -0.1) is 0 Å². The molecule has 126 valence electrons. The number of benzene rings is 2. The summed E-state index contributed by atoms with van der Waals surface area (Å²) in [5, 5.41) is 5.91. The smallest absolute Gasteiger partial charge is 0.250 e. The van der Waals surface area contributed by atoms with E-state index in [0.717, 1.165) is 5.56 Å². The van der Waals surface area contributed by atoms with Gasteiger partial charge in [-0.05, 0) is 42.3 Å². The molecule has 2 aromatic carbocycles. The van der Waals surface area contributed by atoms with Crippen molar-refractivity contribution in [1.82, 2.24) is 5.32 Å². The molecule has 0 fully saturated rings. The van der Waals surface area contributed by atoms with Crippen LogP contribution in [-0.4, -0.2) is 24.9 Å². The summed E-state index contributed by atoms with van der Waals surface area (Å²) in [6, 6.07) is 10.8. The van der Waals surface area contributed by atoms with Crippen LogP contribution in [0.1, 0.15) is 15.9 Å². The molecule has 2 rings (SSSR count). The molecule has 2 amide bonds. The molecule has 0 radical (unpaired) electrons. The van der Waals surface area contributed by atoms with Crippen molar-refractivity contribution in [1.29, 1.82) is 0 Å². The van der Waals surface area contributed by atoms with E-state index in [4.69, 9.17) is 17.3 Å².